The van der Waals surface area contributed by atoms with Crippen molar-refractivity contribution in [3.8, 4) is 5.75 Å². The summed E-state index contributed by atoms with van der Waals surface area (Å²) < 4.78 is 11.3. The first-order valence-electron chi connectivity index (χ1n) is 7.12. The Balaban J connectivity index is 1.89. The van der Waals surface area contributed by atoms with Crippen LogP contribution in [-0.2, 0) is 0 Å². The summed E-state index contributed by atoms with van der Waals surface area (Å²) in [6, 6.07) is 8.50. The molecule has 19 heavy (non-hydrogen) atoms. The van der Waals surface area contributed by atoms with Gasteiger partial charge in [0.25, 0.3) is 0 Å². The second-order valence-corrected chi connectivity index (χ2v) is 5.32. The zero-order chi connectivity index (χ0) is 13.2. The fourth-order valence-electron chi connectivity index (χ4n) is 2.55. The molecule has 1 aliphatic rings. The van der Waals surface area contributed by atoms with E-state index >= 15 is 0 Å². The Labute approximate surface area is 113 Å². The molecule has 0 aliphatic heterocycles. The van der Waals surface area contributed by atoms with Crippen LogP contribution >= 0.6 is 0 Å². The number of methoxy groups -OCH3 is 1. The Morgan fingerprint density at radius 3 is 2.89 bits per heavy atom. The molecule has 0 bridgehead atoms. The smallest absolute Gasteiger partial charge is 0.134 e. The van der Waals surface area contributed by atoms with Crippen LogP contribution in [0.25, 0.3) is 11.0 Å². The van der Waals surface area contributed by atoms with Crippen LogP contribution in [-0.4, -0.2) is 13.7 Å². The van der Waals surface area contributed by atoms with E-state index in [-0.39, 0.29) is 0 Å². The average molecular weight is 259 g/mol. The highest BCUT2D eigenvalue weighted by Crippen LogP contribution is 2.42. The van der Waals surface area contributed by atoms with Crippen LogP contribution in [0.5, 0.6) is 5.75 Å². The Morgan fingerprint density at radius 2 is 2.21 bits per heavy atom. The van der Waals surface area contributed by atoms with Crippen LogP contribution in [0.3, 0.4) is 0 Å². The number of furan rings is 1. The lowest BCUT2D eigenvalue weighted by molar-refractivity contribution is 0.396. The van der Waals surface area contributed by atoms with Gasteiger partial charge in [-0.1, -0.05) is 6.92 Å². The summed E-state index contributed by atoms with van der Waals surface area (Å²) in [7, 11) is 1.69. The molecule has 2 aromatic rings. The summed E-state index contributed by atoms with van der Waals surface area (Å²) in [5.74, 6) is 2.69. The van der Waals surface area contributed by atoms with Gasteiger partial charge in [-0.15, -0.1) is 0 Å². The van der Waals surface area contributed by atoms with Gasteiger partial charge in [-0.25, -0.2) is 0 Å². The third-order valence-corrected chi connectivity index (χ3v) is 3.76. The lowest BCUT2D eigenvalue weighted by atomic mass is 10.1. The van der Waals surface area contributed by atoms with Crippen molar-refractivity contribution in [2.24, 2.45) is 5.92 Å². The number of fused-ring (bicyclic) bond motifs is 1. The normalized spacial score (nSPS) is 16.7. The molecular formula is C16H21NO2. The molecule has 1 aromatic carbocycles. The number of ether oxygens (including phenoxy) is 1. The molecule has 1 aliphatic carbocycles. The third-order valence-electron chi connectivity index (χ3n) is 3.76. The maximum atomic E-state index is 6.01. The van der Waals surface area contributed by atoms with Gasteiger partial charge < -0.3 is 14.5 Å². The van der Waals surface area contributed by atoms with E-state index in [1.165, 1.54) is 12.8 Å². The highest BCUT2D eigenvalue weighted by molar-refractivity contribution is 5.79. The van der Waals surface area contributed by atoms with E-state index in [9.17, 15) is 0 Å². The van der Waals surface area contributed by atoms with E-state index in [0.717, 1.165) is 41.4 Å². The molecule has 102 valence electrons. The molecule has 1 aromatic heterocycles. The molecule has 3 rings (SSSR count). The average Bonchev–Trinajstić information content (AvgIpc) is 3.17. The highest BCUT2D eigenvalue weighted by atomic mass is 16.5. The Hall–Kier alpha value is -1.48. The van der Waals surface area contributed by atoms with Crippen LogP contribution in [0, 0.1) is 5.92 Å². The molecule has 1 fully saturated rings. The van der Waals surface area contributed by atoms with Gasteiger partial charge in [0.05, 0.1) is 13.2 Å². The first-order valence-corrected chi connectivity index (χ1v) is 7.12. The number of rotatable bonds is 6. The Bertz CT molecular complexity index is 557. The standard InChI is InChI=1S/C16H21NO2/c1-3-8-17-16(11-4-5-11)15-10-12-9-13(18-2)6-7-14(12)19-15/h6-7,9-11,16-17H,3-5,8H2,1-2H3. The van der Waals surface area contributed by atoms with Gasteiger partial charge in [0.1, 0.15) is 17.1 Å². The van der Waals surface area contributed by atoms with Crippen LogP contribution < -0.4 is 10.1 Å². The van der Waals surface area contributed by atoms with Crippen molar-refractivity contribution in [3.05, 3.63) is 30.0 Å². The molecule has 3 heteroatoms. The molecule has 1 unspecified atom stereocenters. The SMILES string of the molecule is CCCNC(c1cc2cc(OC)ccc2o1)C1CC1. The second-order valence-electron chi connectivity index (χ2n) is 5.32. The van der Waals surface area contributed by atoms with Crippen molar-refractivity contribution >= 4 is 11.0 Å². The molecule has 1 N–H and O–H groups in total. The third kappa shape index (κ3) is 2.61. The van der Waals surface area contributed by atoms with Gasteiger partial charge in [-0.2, -0.15) is 0 Å². The quantitative estimate of drug-likeness (QED) is 0.854. The van der Waals surface area contributed by atoms with Gasteiger partial charge in [-0.3, -0.25) is 0 Å². The second kappa shape index (κ2) is 5.25. The molecule has 0 saturated heterocycles. The Kier molecular flexibility index (Phi) is 3.47. The molecule has 1 atom stereocenters. The molecule has 1 saturated carbocycles. The van der Waals surface area contributed by atoms with Crippen molar-refractivity contribution in [3.63, 3.8) is 0 Å². The van der Waals surface area contributed by atoms with E-state index in [0.29, 0.717) is 6.04 Å². The van der Waals surface area contributed by atoms with Crippen molar-refractivity contribution in [2.75, 3.05) is 13.7 Å². The maximum Gasteiger partial charge on any atom is 0.134 e. The van der Waals surface area contributed by atoms with Gasteiger partial charge in [0.15, 0.2) is 0 Å². The van der Waals surface area contributed by atoms with Crippen LogP contribution in [0.1, 0.15) is 38.0 Å². The number of hydrogen-bond acceptors (Lipinski definition) is 3. The zero-order valence-corrected chi connectivity index (χ0v) is 11.6. The number of nitrogens with one attached hydrogen (secondary N) is 1. The highest BCUT2D eigenvalue weighted by Gasteiger charge is 2.33. The first-order chi connectivity index (χ1) is 9.31. The predicted octanol–water partition coefficient (Wildman–Crippen LogP) is 3.89. The van der Waals surface area contributed by atoms with Gasteiger partial charge in [0, 0.05) is 5.39 Å². The topological polar surface area (TPSA) is 34.4 Å². The zero-order valence-electron chi connectivity index (χ0n) is 11.6. The minimum atomic E-state index is 0.373. The van der Waals surface area contributed by atoms with Crippen LogP contribution in [0.4, 0.5) is 0 Å². The lowest BCUT2D eigenvalue weighted by Crippen LogP contribution is -2.23. The van der Waals surface area contributed by atoms with E-state index < -0.39 is 0 Å². The van der Waals surface area contributed by atoms with Crippen molar-refractivity contribution in [1.29, 1.82) is 0 Å². The van der Waals surface area contributed by atoms with E-state index in [4.69, 9.17) is 9.15 Å². The van der Waals surface area contributed by atoms with Crippen molar-refractivity contribution in [1.82, 2.24) is 5.32 Å². The monoisotopic (exact) mass is 259 g/mol. The van der Waals surface area contributed by atoms with Gasteiger partial charge in [0.2, 0.25) is 0 Å². The largest absolute Gasteiger partial charge is 0.497 e. The van der Waals surface area contributed by atoms with Crippen LogP contribution in [0.2, 0.25) is 0 Å². The summed E-state index contributed by atoms with van der Waals surface area (Å²) in [5, 5.41) is 4.74. The summed E-state index contributed by atoms with van der Waals surface area (Å²) in [5.41, 5.74) is 0.944. The van der Waals surface area contributed by atoms with Crippen LogP contribution in [0.15, 0.2) is 28.7 Å². The molecule has 0 amide bonds. The van der Waals surface area contributed by atoms with E-state index in [1.807, 2.05) is 18.2 Å². The van der Waals surface area contributed by atoms with Crippen molar-refractivity contribution < 1.29 is 9.15 Å². The molecule has 0 spiro atoms. The fraction of sp³-hybridized carbons (Fsp3) is 0.500. The maximum absolute atomic E-state index is 6.01. The first kappa shape index (κ1) is 12.5. The summed E-state index contributed by atoms with van der Waals surface area (Å²) in [4.78, 5) is 0. The minimum Gasteiger partial charge on any atom is -0.497 e. The minimum absolute atomic E-state index is 0.373. The number of benzene rings is 1. The predicted molar refractivity (Wildman–Crippen MR) is 76.5 cm³/mol. The van der Waals surface area contributed by atoms with E-state index in [1.54, 1.807) is 7.11 Å². The van der Waals surface area contributed by atoms with Gasteiger partial charge >= 0.3 is 0 Å². The summed E-state index contributed by atoms with van der Waals surface area (Å²) in [6.45, 7) is 3.24. The molecule has 3 nitrogen and oxygen atoms in total. The summed E-state index contributed by atoms with van der Waals surface area (Å²) >= 11 is 0. The lowest BCUT2D eigenvalue weighted by Gasteiger charge is -2.14. The fourth-order valence-corrected chi connectivity index (χ4v) is 2.55. The number of hydrogen-bond donors (Lipinski definition) is 1. The molecule has 1 heterocycles. The van der Waals surface area contributed by atoms with E-state index in [2.05, 4.69) is 18.3 Å². The molecule has 0 radical (unpaired) electrons. The summed E-state index contributed by atoms with van der Waals surface area (Å²) in [6.07, 6.45) is 3.76. The Morgan fingerprint density at radius 1 is 1.37 bits per heavy atom. The molecular weight excluding hydrogens is 238 g/mol. The van der Waals surface area contributed by atoms with Gasteiger partial charge in [-0.05, 0) is 56.0 Å². The van der Waals surface area contributed by atoms with Crippen molar-refractivity contribution in [2.45, 2.75) is 32.2 Å².